The second-order valence-electron chi connectivity index (χ2n) is 5.25. The second kappa shape index (κ2) is 4.92. The van der Waals surface area contributed by atoms with E-state index in [1.54, 1.807) is 0 Å². The standard InChI is InChI=1S/C14H18N2O2/c1-14(2,3)18-15-9-11-8-10-6-4-5-7-12(10)16-13(11)17/h4-8,15H,9H2,1-3H3,(H,16,17). The zero-order valence-corrected chi connectivity index (χ0v) is 10.9. The van der Waals surface area contributed by atoms with E-state index < -0.39 is 0 Å². The number of para-hydroxylation sites is 1. The van der Waals surface area contributed by atoms with Gasteiger partial charge in [0.15, 0.2) is 0 Å². The molecule has 18 heavy (non-hydrogen) atoms. The Morgan fingerprint density at radius 1 is 1.28 bits per heavy atom. The molecule has 0 unspecified atom stereocenters. The summed E-state index contributed by atoms with van der Waals surface area (Å²) in [5.41, 5.74) is 3.98. The summed E-state index contributed by atoms with van der Waals surface area (Å²) in [6.45, 7) is 6.23. The molecule has 4 nitrogen and oxygen atoms in total. The average molecular weight is 246 g/mol. The third kappa shape index (κ3) is 3.18. The lowest BCUT2D eigenvalue weighted by atomic mass is 10.1. The van der Waals surface area contributed by atoms with Crippen LogP contribution in [0.5, 0.6) is 0 Å². The Bertz CT molecular complexity index is 597. The Morgan fingerprint density at radius 2 is 2.00 bits per heavy atom. The first-order chi connectivity index (χ1) is 8.46. The molecule has 0 saturated carbocycles. The molecule has 0 aliphatic heterocycles. The van der Waals surface area contributed by atoms with Crippen molar-refractivity contribution in [2.45, 2.75) is 32.9 Å². The molecule has 0 atom stereocenters. The predicted octanol–water partition coefficient (Wildman–Crippen LogP) is 2.35. The first kappa shape index (κ1) is 12.8. The molecule has 0 saturated heterocycles. The fourth-order valence-corrected chi connectivity index (χ4v) is 1.65. The van der Waals surface area contributed by atoms with Gasteiger partial charge in [-0.05, 0) is 38.3 Å². The second-order valence-corrected chi connectivity index (χ2v) is 5.25. The van der Waals surface area contributed by atoms with Crippen LogP contribution in [0.1, 0.15) is 26.3 Å². The summed E-state index contributed by atoms with van der Waals surface area (Å²) < 4.78 is 0. The molecule has 1 heterocycles. The maximum absolute atomic E-state index is 11.8. The third-order valence-electron chi connectivity index (χ3n) is 2.47. The number of benzene rings is 1. The number of aromatic amines is 1. The quantitative estimate of drug-likeness (QED) is 0.817. The van der Waals surface area contributed by atoms with E-state index in [-0.39, 0.29) is 11.2 Å². The minimum Gasteiger partial charge on any atom is -0.322 e. The Morgan fingerprint density at radius 3 is 2.72 bits per heavy atom. The molecule has 0 bridgehead atoms. The Hall–Kier alpha value is -1.65. The van der Waals surface area contributed by atoms with Gasteiger partial charge in [-0.25, -0.2) is 0 Å². The van der Waals surface area contributed by atoms with Crippen LogP contribution < -0.4 is 11.0 Å². The number of nitrogens with one attached hydrogen (secondary N) is 2. The fraction of sp³-hybridized carbons (Fsp3) is 0.357. The van der Waals surface area contributed by atoms with E-state index in [2.05, 4.69) is 10.5 Å². The van der Waals surface area contributed by atoms with Crippen LogP contribution in [0.4, 0.5) is 0 Å². The number of fused-ring (bicyclic) bond motifs is 1. The molecule has 2 aromatic rings. The lowest BCUT2D eigenvalue weighted by molar-refractivity contribution is -0.0758. The maximum Gasteiger partial charge on any atom is 0.253 e. The number of hydroxylamine groups is 1. The molecule has 0 aliphatic rings. The van der Waals surface area contributed by atoms with E-state index in [4.69, 9.17) is 4.84 Å². The smallest absolute Gasteiger partial charge is 0.253 e. The monoisotopic (exact) mass is 246 g/mol. The number of aromatic nitrogens is 1. The van der Waals surface area contributed by atoms with Gasteiger partial charge in [-0.2, -0.15) is 5.48 Å². The highest BCUT2D eigenvalue weighted by atomic mass is 16.7. The summed E-state index contributed by atoms with van der Waals surface area (Å²) in [5.74, 6) is 0. The van der Waals surface area contributed by atoms with Crippen LogP contribution in [-0.2, 0) is 11.4 Å². The van der Waals surface area contributed by atoms with Crippen LogP contribution >= 0.6 is 0 Å². The molecule has 0 radical (unpaired) electrons. The van der Waals surface area contributed by atoms with Gasteiger partial charge in [0.1, 0.15) is 0 Å². The topological polar surface area (TPSA) is 54.1 Å². The largest absolute Gasteiger partial charge is 0.322 e. The van der Waals surface area contributed by atoms with Crippen LogP contribution in [-0.4, -0.2) is 10.6 Å². The summed E-state index contributed by atoms with van der Waals surface area (Å²) in [6, 6.07) is 9.59. The van der Waals surface area contributed by atoms with E-state index in [9.17, 15) is 4.79 Å². The van der Waals surface area contributed by atoms with Gasteiger partial charge in [-0.1, -0.05) is 18.2 Å². The van der Waals surface area contributed by atoms with Gasteiger partial charge in [0.25, 0.3) is 5.56 Å². The van der Waals surface area contributed by atoms with Crippen molar-refractivity contribution >= 4 is 10.9 Å². The normalized spacial score (nSPS) is 11.9. The van der Waals surface area contributed by atoms with Crippen molar-refractivity contribution in [1.29, 1.82) is 0 Å². The van der Waals surface area contributed by atoms with E-state index >= 15 is 0 Å². The van der Waals surface area contributed by atoms with Crippen molar-refractivity contribution in [3.63, 3.8) is 0 Å². The van der Waals surface area contributed by atoms with E-state index in [0.29, 0.717) is 12.1 Å². The van der Waals surface area contributed by atoms with Crippen LogP contribution in [0, 0.1) is 0 Å². The highest BCUT2D eigenvalue weighted by molar-refractivity contribution is 5.78. The number of rotatable bonds is 3. The van der Waals surface area contributed by atoms with Crippen molar-refractivity contribution in [2.75, 3.05) is 0 Å². The van der Waals surface area contributed by atoms with Gasteiger partial charge in [0.05, 0.1) is 12.1 Å². The van der Waals surface area contributed by atoms with Gasteiger partial charge in [0.2, 0.25) is 0 Å². The molecular formula is C14H18N2O2. The maximum atomic E-state index is 11.8. The zero-order valence-electron chi connectivity index (χ0n) is 10.9. The highest BCUT2D eigenvalue weighted by Gasteiger charge is 2.10. The molecule has 4 heteroatoms. The summed E-state index contributed by atoms with van der Waals surface area (Å²) in [6.07, 6.45) is 0. The van der Waals surface area contributed by atoms with E-state index in [1.807, 2.05) is 51.1 Å². The van der Waals surface area contributed by atoms with Gasteiger partial charge in [-0.3, -0.25) is 9.63 Å². The summed E-state index contributed by atoms with van der Waals surface area (Å²) in [7, 11) is 0. The van der Waals surface area contributed by atoms with Crippen LogP contribution in [0.3, 0.4) is 0 Å². The molecular weight excluding hydrogens is 228 g/mol. The van der Waals surface area contributed by atoms with Gasteiger partial charge >= 0.3 is 0 Å². The van der Waals surface area contributed by atoms with Crippen molar-refractivity contribution in [3.8, 4) is 0 Å². The van der Waals surface area contributed by atoms with Gasteiger partial charge in [-0.15, -0.1) is 0 Å². The lowest BCUT2D eigenvalue weighted by Gasteiger charge is -2.19. The summed E-state index contributed by atoms with van der Waals surface area (Å²) in [5, 5.41) is 1.02. The summed E-state index contributed by atoms with van der Waals surface area (Å²) in [4.78, 5) is 20.1. The average Bonchev–Trinajstić information content (AvgIpc) is 2.28. The first-order valence-corrected chi connectivity index (χ1v) is 5.97. The van der Waals surface area contributed by atoms with Crippen LogP contribution in [0.15, 0.2) is 35.1 Å². The minimum atomic E-state index is -0.274. The van der Waals surface area contributed by atoms with E-state index in [1.165, 1.54) is 0 Å². The minimum absolute atomic E-state index is 0.0845. The third-order valence-corrected chi connectivity index (χ3v) is 2.47. The lowest BCUT2D eigenvalue weighted by Crippen LogP contribution is -2.30. The van der Waals surface area contributed by atoms with Crippen molar-refractivity contribution in [1.82, 2.24) is 10.5 Å². The van der Waals surface area contributed by atoms with Crippen molar-refractivity contribution in [3.05, 3.63) is 46.2 Å². The van der Waals surface area contributed by atoms with Gasteiger partial charge < -0.3 is 4.98 Å². The molecule has 96 valence electrons. The SMILES string of the molecule is CC(C)(C)ONCc1cc2ccccc2[nH]c1=O. The fourth-order valence-electron chi connectivity index (χ4n) is 1.65. The highest BCUT2D eigenvalue weighted by Crippen LogP contribution is 2.10. The molecule has 0 aliphatic carbocycles. The number of pyridine rings is 1. The summed E-state index contributed by atoms with van der Waals surface area (Å²) >= 11 is 0. The van der Waals surface area contributed by atoms with E-state index in [0.717, 1.165) is 10.9 Å². The van der Waals surface area contributed by atoms with Gasteiger partial charge in [0, 0.05) is 11.1 Å². The molecule has 2 rings (SSSR count). The predicted molar refractivity (Wildman–Crippen MR) is 72.2 cm³/mol. The van der Waals surface area contributed by atoms with Crippen LogP contribution in [0.25, 0.3) is 10.9 Å². The molecule has 1 aromatic heterocycles. The molecule has 2 N–H and O–H groups in total. The van der Waals surface area contributed by atoms with Crippen LogP contribution in [0.2, 0.25) is 0 Å². The number of H-pyrrole nitrogens is 1. The first-order valence-electron chi connectivity index (χ1n) is 5.97. The molecule has 1 aromatic carbocycles. The Labute approximate surface area is 106 Å². The molecule has 0 amide bonds. The number of hydrogen-bond donors (Lipinski definition) is 2. The molecule has 0 spiro atoms. The zero-order chi connectivity index (χ0) is 13.2. The Kier molecular flexibility index (Phi) is 3.50. The molecule has 0 fully saturated rings. The Balaban J connectivity index is 2.18. The van der Waals surface area contributed by atoms with Crippen molar-refractivity contribution in [2.24, 2.45) is 0 Å². The van der Waals surface area contributed by atoms with Crippen molar-refractivity contribution < 1.29 is 4.84 Å². The number of hydrogen-bond acceptors (Lipinski definition) is 3.